The first-order chi connectivity index (χ1) is 11.0. The van der Waals surface area contributed by atoms with Gasteiger partial charge in [-0.05, 0) is 24.3 Å². The summed E-state index contributed by atoms with van der Waals surface area (Å²) in [4.78, 5) is 22.8. The molecule has 0 spiro atoms. The average molecular weight is 322 g/mol. The van der Waals surface area contributed by atoms with Gasteiger partial charge in [0.1, 0.15) is 0 Å². The number of amides is 2. The van der Waals surface area contributed by atoms with Gasteiger partial charge in [-0.2, -0.15) is 0 Å². The molecule has 0 aliphatic carbocycles. The topological polar surface area (TPSA) is 87.7 Å². The highest BCUT2D eigenvalue weighted by molar-refractivity contribution is 5.74. The van der Waals surface area contributed by atoms with Crippen molar-refractivity contribution in [3.05, 3.63) is 35.9 Å². The largest absolute Gasteiger partial charge is 0.481 e. The number of carboxylic acid groups (broad SMARTS) is 1. The van der Waals surface area contributed by atoms with Crippen LogP contribution in [0.1, 0.15) is 25.3 Å². The van der Waals surface area contributed by atoms with Crippen LogP contribution in [0.3, 0.4) is 0 Å². The Labute approximate surface area is 137 Å². The molecule has 1 aromatic rings. The van der Waals surface area contributed by atoms with Crippen LogP contribution in [-0.4, -0.2) is 43.4 Å². The second kappa shape index (κ2) is 10.6. The Morgan fingerprint density at radius 3 is 2.57 bits per heavy atom. The minimum Gasteiger partial charge on any atom is -0.481 e. The molecule has 2 unspecified atom stereocenters. The van der Waals surface area contributed by atoms with Crippen LogP contribution >= 0.6 is 0 Å². The molecular weight excluding hydrogens is 296 g/mol. The second-order valence-corrected chi connectivity index (χ2v) is 5.73. The van der Waals surface area contributed by atoms with E-state index in [0.717, 1.165) is 5.56 Å². The summed E-state index contributed by atoms with van der Waals surface area (Å²) in [6.45, 7) is 3.07. The fourth-order valence-corrected chi connectivity index (χ4v) is 2.27. The Hall–Kier alpha value is -2.08. The molecule has 6 nitrogen and oxygen atoms in total. The number of rotatable bonds is 10. The molecule has 23 heavy (non-hydrogen) atoms. The van der Waals surface area contributed by atoms with Gasteiger partial charge in [0.25, 0.3) is 0 Å². The van der Waals surface area contributed by atoms with Crippen molar-refractivity contribution in [1.82, 2.24) is 10.6 Å². The third-order valence-electron chi connectivity index (χ3n) is 3.43. The molecular formula is C17H26N2O4. The molecule has 2 atom stereocenters. The van der Waals surface area contributed by atoms with Crippen molar-refractivity contribution in [3.63, 3.8) is 0 Å². The smallest absolute Gasteiger partial charge is 0.315 e. The van der Waals surface area contributed by atoms with Gasteiger partial charge in [-0.25, -0.2) is 4.79 Å². The van der Waals surface area contributed by atoms with Gasteiger partial charge in [0, 0.05) is 26.1 Å². The number of ether oxygens (including phenoxy) is 1. The third kappa shape index (κ3) is 8.83. The van der Waals surface area contributed by atoms with E-state index in [1.54, 1.807) is 7.11 Å². The number of carbonyl (C=O) groups excluding carboxylic acids is 1. The van der Waals surface area contributed by atoms with Crippen molar-refractivity contribution in [3.8, 4) is 0 Å². The molecule has 3 N–H and O–H groups in total. The monoisotopic (exact) mass is 322 g/mol. The summed E-state index contributed by atoms with van der Waals surface area (Å²) in [7, 11) is 1.62. The van der Waals surface area contributed by atoms with E-state index in [0.29, 0.717) is 26.0 Å². The Bertz CT molecular complexity index is 479. The number of hydrogen-bond acceptors (Lipinski definition) is 3. The lowest BCUT2D eigenvalue weighted by Crippen LogP contribution is -2.44. The standard InChI is InChI=1S/C17H26N2O4/c1-13(12-23-2)11-18-17(22)19-15(8-9-16(20)21)10-14-6-4-3-5-7-14/h3-7,13,15H,8-12H2,1-2H3,(H,20,21)(H2,18,19,22). The first-order valence-corrected chi connectivity index (χ1v) is 7.80. The molecule has 128 valence electrons. The minimum absolute atomic E-state index is 0.0257. The lowest BCUT2D eigenvalue weighted by Gasteiger charge is -2.19. The number of hydrogen-bond donors (Lipinski definition) is 3. The van der Waals surface area contributed by atoms with Gasteiger partial charge in [0.05, 0.1) is 6.61 Å². The second-order valence-electron chi connectivity index (χ2n) is 5.73. The maximum atomic E-state index is 12.0. The Morgan fingerprint density at radius 1 is 1.26 bits per heavy atom. The van der Waals surface area contributed by atoms with Gasteiger partial charge in [-0.15, -0.1) is 0 Å². The summed E-state index contributed by atoms with van der Waals surface area (Å²) in [5.74, 6) is -0.642. The van der Waals surface area contributed by atoms with Crippen LogP contribution in [0.4, 0.5) is 4.79 Å². The molecule has 1 rings (SSSR count). The lowest BCUT2D eigenvalue weighted by molar-refractivity contribution is -0.137. The highest BCUT2D eigenvalue weighted by Crippen LogP contribution is 2.08. The molecule has 0 fully saturated rings. The Kier molecular flexibility index (Phi) is 8.75. The summed E-state index contributed by atoms with van der Waals surface area (Å²) in [5.41, 5.74) is 1.07. The quantitative estimate of drug-likeness (QED) is 0.615. The number of urea groups is 1. The van der Waals surface area contributed by atoms with Crippen molar-refractivity contribution in [2.75, 3.05) is 20.3 Å². The maximum absolute atomic E-state index is 12.0. The van der Waals surface area contributed by atoms with Gasteiger partial charge < -0.3 is 20.5 Å². The molecule has 6 heteroatoms. The summed E-state index contributed by atoms with van der Waals surface area (Å²) in [6, 6.07) is 9.21. The number of aliphatic carboxylic acids is 1. The van der Waals surface area contributed by atoms with Crippen molar-refractivity contribution in [2.24, 2.45) is 5.92 Å². The Balaban J connectivity index is 2.50. The molecule has 0 aliphatic rings. The van der Waals surface area contributed by atoms with E-state index >= 15 is 0 Å². The summed E-state index contributed by atoms with van der Waals surface area (Å²) in [5, 5.41) is 14.5. The predicted molar refractivity (Wildman–Crippen MR) is 88.4 cm³/mol. The van der Waals surface area contributed by atoms with Crippen LogP contribution in [-0.2, 0) is 16.0 Å². The van der Waals surface area contributed by atoms with E-state index in [4.69, 9.17) is 9.84 Å². The average Bonchev–Trinajstić information content (AvgIpc) is 2.52. The summed E-state index contributed by atoms with van der Waals surface area (Å²) in [6.07, 6.45) is 1.03. The van der Waals surface area contributed by atoms with E-state index in [-0.39, 0.29) is 24.4 Å². The summed E-state index contributed by atoms with van der Waals surface area (Å²) >= 11 is 0. The predicted octanol–water partition coefficient (Wildman–Crippen LogP) is 2.04. The number of carbonyl (C=O) groups is 2. The van der Waals surface area contributed by atoms with Gasteiger partial charge in [0.2, 0.25) is 0 Å². The normalized spacial score (nSPS) is 13.1. The van der Waals surface area contributed by atoms with Crippen LogP contribution in [0, 0.1) is 5.92 Å². The molecule has 0 aliphatic heterocycles. The first kappa shape index (κ1) is 19.0. The zero-order chi connectivity index (χ0) is 17.1. The van der Waals surface area contributed by atoms with Gasteiger partial charge >= 0.3 is 12.0 Å². The van der Waals surface area contributed by atoms with E-state index in [9.17, 15) is 9.59 Å². The van der Waals surface area contributed by atoms with Crippen molar-refractivity contribution in [1.29, 1.82) is 0 Å². The van der Waals surface area contributed by atoms with Crippen molar-refractivity contribution in [2.45, 2.75) is 32.2 Å². The number of carboxylic acids is 1. The van der Waals surface area contributed by atoms with Crippen LogP contribution in [0.2, 0.25) is 0 Å². The zero-order valence-electron chi connectivity index (χ0n) is 13.7. The highest BCUT2D eigenvalue weighted by atomic mass is 16.5. The fraction of sp³-hybridized carbons (Fsp3) is 0.529. The van der Waals surface area contributed by atoms with E-state index in [1.807, 2.05) is 37.3 Å². The van der Waals surface area contributed by atoms with Crippen LogP contribution < -0.4 is 10.6 Å². The maximum Gasteiger partial charge on any atom is 0.315 e. The molecule has 1 aromatic carbocycles. The SMILES string of the molecule is COCC(C)CNC(=O)NC(CCC(=O)O)Cc1ccccc1. The van der Waals surface area contributed by atoms with Gasteiger partial charge in [0.15, 0.2) is 0 Å². The Morgan fingerprint density at radius 2 is 1.96 bits per heavy atom. The molecule has 2 amide bonds. The minimum atomic E-state index is -0.862. The fourth-order valence-electron chi connectivity index (χ4n) is 2.27. The number of benzene rings is 1. The lowest BCUT2D eigenvalue weighted by atomic mass is 10.0. The van der Waals surface area contributed by atoms with Crippen molar-refractivity contribution < 1.29 is 19.4 Å². The van der Waals surface area contributed by atoms with Gasteiger partial charge in [-0.3, -0.25) is 4.79 Å². The molecule has 0 saturated carbocycles. The van der Waals surface area contributed by atoms with Crippen LogP contribution in [0.5, 0.6) is 0 Å². The number of nitrogens with one attached hydrogen (secondary N) is 2. The zero-order valence-corrected chi connectivity index (χ0v) is 13.7. The van der Waals surface area contributed by atoms with E-state index in [2.05, 4.69) is 10.6 Å². The molecule has 0 heterocycles. The first-order valence-electron chi connectivity index (χ1n) is 7.80. The number of methoxy groups -OCH3 is 1. The van der Waals surface area contributed by atoms with E-state index in [1.165, 1.54) is 0 Å². The molecule has 0 saturated heterocycles. The molecule has 0 radical (unpaired) electrons. The van der Waals surface area contributed by atoms with Crippen molar-refractivity contribution >= 4 is 12.0 Å². The van der Waals surface area contributed by atoms with E-state index < -0.39 is 5.97 Å². The van der Waals surface area contributed by atoms with Gasteiger partial charge in [-0.1, -0.05) is 37.3 Å². The van der Waals surface area contributed by atoms with Crippen LogP contribution in [0.25, 0.3) is 0 Å². The summed E-state index contributed by atoms with van der Waals surface area (Å²) < 4.78 is 5.02. The third-order valence-corrected chi connectivity index (χ3v) is 3.43. The highest BCUT2D eigenvalue weighted by Gasteiger charge is 2.15. The van der Waals surface area contributed by atoms with Crippen LogP contribution in [0.15, 0.2) is 30.3 Å². The molecule has 0 aromatic heterocycles. The molecule has 0 bridgehead atoms.